The second kappa shape index (κ2) is 6.89. The van der Waals surface area contributed by atoms with Crippen molar-refractivity contribution in [2.24, 2.45) is 0 Å². The highest BCUT2D eigenvalue weighted by Gasteiger charge is 2.16. The van der Waals surface area contributed by atoms with E-state index in [4.69, 9.17) is 11.6 Å². The van der Waals surface area contributed by atoms with Crippen molar-refractivity contribution in [2.75, 3.05) is 18.0 Å². The minimum Gasteiger partial charge on any atom is -0.341 e. The van der Waals surface area contributed by atoms with Crippen LogP contribution in [-0.2, 0) is 0 Å². The fraction of sp³-hybridized carbons (Fsp3) is 0.385. The molecule has 0 aromatic carbocycles. The fourth-order valence-corrected chi connectivity index (χ4v) is 3.25. The summed E-state index contributed by atoms with van der Waals surface area (Å²) < 4.78 is 0.939. The summed E-state index contributed by atoms with van der Waals surface area (Å²) in [6.07, 6.45) is 5.34. The van der Waals surface area contributed by atoms with Crippen molar-refractivity contribution in [3.63, 3.8) is 0 Å². The van der Waals surface area contributed by atoms with E-state index in [1.54, 1.807) is 6.20 Å². The summed E-state index contributed by atoms with van der Waals surface area (Å²) in [5, 5.41) is 1.63. The molecule has 21 heavy (non-hydrogen) atoms. The van der Waals surface area contributed by atoms with Gasteiger partial charge in [0.2, 0.25) is 11.2 Å². The molecule has 0 N–H and O–H groups in total. The monoisotopic (exact) mass is 385 g/mol. The Bertz CT molecular complexity index is 618. The molecule has 0 unspecified atom stereocenters. The SMILES string of the molecule is Clc1nc(Sc2ccc(Br)cn2)nc(N2CCCCC2)n1. The summed E-state index contributed by atoms with van der Waals surface area (Å²) in [6.45, 7) is 1.95. The molecule has 0 bridgehead atoms. The number of rotatable bonds is 3. The Morgan fingerprint density at radius 1 is 1.10 bits per heavy atom. The highest BCUT2D eigenvalue weighted by Crippen LogP contribution is 2.26. The molecule has 110 valence electrons. The lowest BCUT2D eigenvalue weighted by atomic mass is 10.1. The molecular weight excluding hydrogens is 374 g/mol. The summed E-state index contributed by atoms with van der Waals surface area (Å²) in [5.74, 6) is 0.661. The molecule has 1 saturated heterocycles. The summed E-state index contributed by atoms with van der Waals surface area (Å²) in [5.41, 5.74) is 0. The number of piperidine rings is 1. The van der Waals surface area contributed by atoms with E-state index in [0.717, 1.165) is 22.6 Å². The summed E-state index contributed by atoms with van der Waals surface area (Å²) in [7, 11) is 0. The Hall–Kier alpha value is -0.920. The standard InChI is InChI=1S/C13H13BrClN5S/c14-9-4-5-10(16-8-9)21-13-18-11(15)17-12(19-13)20-6-2-1-3-7-20/h4-5,8H,1-3,6-7H2. The molecular formula is C13H13BrClN5S. The smallest absolute Gasteiger partial charge is 0.230 e. The number of aromatic nitrogens is 4. The van der Waals surface area contributed by atoms with Crippen LogP contribution in [0.2, 0.25) is 5.28 Å². The number of hydrogen-bond donors (Lipinski definition) is 0. The molecule has 5 nitrogen and oxygen atoms in total. The lowest BCUT2D eigenvalue weighted by Crippen LogP contribution is -2.31. The first-order valence-corrected chi connectivity index (χ1v) is 8.65. The Morgan fingerprint density at radius 3 is 2.62 bits per heavy atom. The van der Waals surface area contributed by atoms with Gasteiger partial charge < -0.3 is 4.90 Å². The van der Waals surface area contributed by atoms with Gasteiger partial charge in [0.15, 0.2) is 5.16 Å². The average molecular weight is 387 g/mol. The molecule has 2 aromatic rings. The predicted molar refractivity (Wildman–Crippen MR) is 87.0 cm³/mol. The average Bonchev–Trinajstić information content (AvgIpc) is 2.50. The van der Waals surface area contributed by atoms with Gasteiger partial charge in [-0.2, -0.15) is 15.0 Å². The summed E-state index contributed by atoms with van der Waals surface area (Å²) in [6, 6.07) is 3.84. The Kier molecular flexibility index (Phi) is 4.92. The summed E-state index contributed by atoms with van der Waals surface area (Å²) >= 11 is 10.8. The third kappa shape index (κ3) is 4.05. The van der Waals surface area contributed by atoms with Gasteiger partial charge in [0.05, 0.1) is 0 Å². The quantitative estimate of drug-likeness (QED) is 0.799. The van der Waals surface area contributed by atoms with Crippen molar-refractivity contribution in [2.45, 2.75) is 29.4 Å². The van der Waals surface area contributed by atoms with Crippen LogP contribution in [0.25, 0.3) is 0 Å². The number of nitrogens with zero attached hydrogens (tertiary/aromatic N) is 5. The molecule has 3 rings (SSSR count). The van der Waals surface area contributed by atoms with E-state index in [9.17, 15) is 0 Å². The Balaban J connectivity index is 1.81. The zero-order valence-electron chi connectivity index (χ0n) is 11.2. The van der Waals surface area contributed by atoms with E-state index in [-0.39, 0.29) is 5.28 Å². The van der Waals surface area contributed by atoms with Crippen LogP contribution in [-0.4, -0.2) is 33.0 Å². The molecule has 0 radical (unpaired) electrons. The molecule has 0 atom stereocenters. The lowest BCUT2D eigenvalue weighted by molar-refractivity contribution is 0.564. The Labute approximate surface area is 140 Å². The molecule has 0 spiro atoms. The third-order valence-corrected chi connectivity index (χ3v) is 4.56. The highest BCUT2D eigenvalue weighted by molar-refractivity contribution is 9.10. The van der Waals surface area contributed by atoms with Crippen LogP contribution in [0.3, 0.4) is 0 Å². The molecule has 0 aliphatic carbocycles. The molecule has 1 aliphatic heterocycles. The van der Waals surface area contributed by atoms with E-state index in [1.165, 1.54) is 31.0 Å². The van der Waals surface area contributed by atoms with Crippen LogP contribution in [0, 0.1) is 0 Å². The Morgan fingerprint density at radius 2 is 1.90 bits per heavy atom. The van der Waals surface area contributed by atoms with Gasteiger partial charge in [0.25, 0.3) is 0 Å². The molecule has 0 amide bonds. The van der Waals surface area contributed by atoms with Crippen molar-refractivity contribution in [1.29, 1.82) is 0 Å². The van der Waals surface area contributed by atoms with E-state index in [1.807, 2.05) is 12.1 Å². The number of hydrogen-bond acceptors (Lipinski definition) is 6. The minimum atomic E-state index is 0.227. The fourth-order valence-electron chi connectivity index (χ4n) is 2.12. The van der Waals surface area contributed by atoms with Gasteiger partial charge in [-0.1, -0.05) is 0 Å². The van der Waals surface area contributed by atoms with E-state index in [0.29, 0.717) is 11.1 Å². The summed E-state index contributed by atoms with van der Waals surface area (Å²) in [4.78, 5) is 19.4. The molecule has 1 aliphatic rings. The first kappa shape index (κ1) is 15.0. The van der Waals surface area contributed by atoms with Crippen molar-refractivity contribution >= 4 is 45.2 Å². The van der Waals surface area contributed by atoms with Crippen LogP contribution in [0.1, 0.15) is 19.3 Å². The van der Waals surface area contributed by atoms with Crippen LogP contribution in [0.5, 0.6) is 0 Å². The third-order valence-electron chi connectivity index (χ3n) is 3.11. The number of halogens is 2. The topological polar surface area (TPSA) is 54.8 Å². The number of pyridine rings is 1. The number of anilines is 1. The van der Waals surface area contributed by atoms with Gasteiger partial charge >= 0.3 is 0 Å². The van der Waals surface area contributed by atoms with E-state index < -0.39 is 0 Å². The van der Waals surface area contributed by atoms with Crippen molar-refractivity contribution in [1.82, 2.24) is 19.9 Å². The second-order valence-electron chi connectivity index (χ2n) is 4.65. The minimum absolute atomic E-state index is 0.227. The maximum absolute atomic E-state index is 6.03. The van der Waals surface area contributed by atoms with Crippen LogP contribution in [0.4, 0.5) is 5.95 Å². The zero-order chi connectivity index (χ0) is 14.7. The van der Waals surface area contributed by atoms with Crippen molar-refractivity contribution in [3.05, 3.63) is 28.1 Å². The van der Waals surface area contributed by atoms with Crippen LogP contribution >= 0.6 is 39.3 Å². The van der Waals surface area contributed by atoms with Crippen molar-refractivity contribution in [3.8, 4) is 0 Å². The zero-order valence-corrected chi connectivity index (χ0v) is 14.3. The maximum Gasteiger partial charge on any atom is 0.230 e. The van der Waals surface area contributed by atoms with Gasteiger partial charge in [0.1, 0.15) is 5.03 Å². The van der Waals surface area contributed by atoms with Gasteiger partial charge in [-0.25, -0.2) is 4.98 Å². The molecule has 1 fully saturated rings. The molecule has 3 heterocycles. The lowest BCUT2D eigenvalue weighted by Gasteiger charge is -2.26. The van der Waals surface area contributed by atoms with Gasteiger partial charge in [-0.05, 0) is 70.7 Å². The maximum atomic E-state index is 6.03. The molecule has 0 saturated carbocycles. The van der Waals surface area contributed by atoms with Crippen molar-refractivity contribution < 1.29 is 0 Å². The molecule has 2 aromatic heterocycles. The predicted octanol–water partition coefficient (Wildman–Crippen LogP) is 3.82. The van der Waals surface area contributed by atoms with Crippen LogP contribution in [0.15, 0.2) is 33.0 Å². The first-order valence-electron chi connectivity index (χ1n) is 6.67. The van der Waals surface area contributed by atoms with Gasteiger partial charge in [-0.3, -0.25) is 0 Å². The second-order valence-corrected chi connectivity index (χ2v) is 6.89. The highest BCUT2D eigenvalue weighted by atomic mass is 79.9. The van der Waals surface area contributed by atoms with E-state index in [2.05, 4.69) is 40.8 Å². The normalized spacial score (nSPS) is 15.2. The molecule has 8 heteroatoms. The largest absolute Gasteiger partial charge is 0.341 e. The first-order chi connectivity index (χ1) is 10.2. The van der Waals surface area contributed by atoms with Crippen LogP contribution < -0.4 is 4.90 Å². The van der Waals surface area contributed by atoms with Gasteiger partial charge in [0, 0.05) is 23.8 Å². The van der Waals surface area contributed by atoms with Gasteiger partial charge in [-0.15, -0.1) is 0 Å². The van der Waals surface area contributed by atoms with E-state index >= 15 is 0 Å².